The summed E-state index contributed by atoms with van der Waals surface area (Å²) < 4.78 is 34.9. The molecule has 1 unspecified atom stereocenters. The van der Waals surface area contributed by atoms with Gasteiger partial charge in [-0.3, -0.25) is 9.36 Å². The minimum Gasteiger partial charge on any atom is -0.495 e. The fourth-order valence-electron chi connectivity index (χ4n) is 3.68. The molecule has 0 spiro atoms. The topological polar surface area (TPSA) is 81.5 Å². The van der Waals surface area contributed by atoms with E-state index in [0.717, 1.165) is 4.31 Å². The summed E-state index contributed by atoms with van der Waals surface area (Å²) in [6.45, 7) is 1.65. The number of halogens is 2. The summed E-state index contributed by atoms with van der Waals surface area (Å²) in [5, 5.41) is 0.670. The first kappa shape index (κ1) is 24.2. The van der Waals surface area contributed by atoms with Gasteiger partial charge in [0.05, 0.1) is 34.8 Å². The molecule has 0 amide bonds. The van der Waals surface area contributed by atoms with Crippen LogP contribution in [0, 0.1) is 0 Å². The molecule has 176 valence electrons. The van der Waals surface area contributed by atoms with Crippen molar-refractivity contribution in [3.8, 4) is 11.4 Å². The van der Waals surface area contributed by atoms with Crippen molar-refractivity contribution in [3.05, 3.63) is 93.0 Å². The zero-order valence-electron chi connectivity index (χ0n) is 18.6. The van der Waals surface area contributed by atoms with Crippen LogP contribution in [0.15, 0.2) is 76.4 Å². The Hall–Kier alpha value is -2.91. The van der Waals surface area contributed by atoms with E-state index in [0.29, 0.717) is 22.3 Å². The normalized spacial score (nSPS) is 12.8. The molecular formula is C24H21Cl2N3O4S. The molecule has 7 nitrogen and oxygen atoms in total. The standard InChI is InChI=1S/C24H21Cl2N3O4S/c1-15(28(2)34(31,32)22-14-16(25)12-13-18(22)26)23-27-19-9-5-4-8-17(19)24(30)29(23)20-10-6-7-11-21(20)33-3/h4-15H,1-3H3. The molecule has 0 saturated carbocycles. The Balaban J connectivity index is 1.96. The van der Waals surface area contributed by atoms with Crippen LogP contribution >= 0.6 is 23.2 Å². The Morgan fingerprint density at radius 2 is 1.71 bits per heavy atom. The van der Waals surface area contributed by atoms with Crippen LogP contribution in [-0.4, -0.2) is 36.4 Å². The highest BCUT2D eigenvalue weighted by Gasteiger charge is 2.32. The molecule has 1 heterocycles. The maximum Gasteiger partial charge on any atom is 0.266 e. The SMILES string of the molecule is COc1ccccc1-n1c(C(C)N(C)S(=O)(=O)c2cc(Cl)ccc2Cl)nc2ccccc2c1=O. The second kappa shape index (κ2) is 9.38. The highest BCUT2D eigenvalue weighted by Crippen LogP contribution is 2.33. The molecule has 0 bridgehead atoms. The number of hydrogen-bond donors (Lipinski definition) is 0. The molecular weight excluding hydrogens is 497 g/mol. The maximum absolute atomic E-state index is 13.6. The number of sulfonamides is 1. The van der Waals surface area contributed by atoms with E-state index in [9.17, 15) is 13.2 Å². The summed E-state index contributed by atoms with van der Waals surface area (Å²) in [5.41, 5.74) is 0.553. The van der Waals surface area contributed by atoms with Crippen LogP contribution in [0.2, 0.25) is 10.0 Å². The second-order valence-electron chi connectivity index (χ2n) is 7.57. The highest BCUT2D eigenvalue weighted by molar-refractivity contribution is 7.89. The predicted octanol–water partition coefficient (Wildman–Crippen LogP) is 5.08. The smallest absolute Gasteiger partial charge is 0.266 e. The molecule has 0 aliphatic carbocycles. The largest absolute Gasteiger partial charge is 0.495 e. The number of para-hydroxylation sites is 3. The quantitative estimate of drug-likeness (QED) is 0.356. The van der Waals surface area contributed by atoms with Crippen molar-refractivity contribution in [2.75, 3.05) is 14.2 Å². The first-order valence-corrected chi connectivity index (χ1v) is 12.4. The van der Waals surface area contributed by atoms with Crippen LogP contribution in [0.1, 0.15) is 18.8 Å². The lowest BCUT2D eigenvalue weighted by Gasteiger charge is -2.27. The van der Waals surface area contributed by atoms with E-state index in [2.05, 4.69) is 0 Å². The molecule has 1 atom stereocenters. The molecule has 0 aliphatic heterocycles. The van der Waals surface area contributed by atoms with Crippen molar-refractivity contribution in [2.45, 2.75) is 17.9 Å². The van der Waals surface area contributed by atoms with Crippen LogP contribution < -0.4 is 10.3 Å². The van der Waals surface area contributed by atoms with Gasteiger partial charge in [0.25, 0.3) is 5.56 Å². The van der Waals surface area contributed by atoms with Crippen LogP contribution in [0.4, 0.5) is 0 Å². The number of fused-ring (bicyclic) bond motifs is 1. The Kier molecular flexibility index (Phi) is 6.69. The van der Waals surface area contributed by atoms with Gasteiger partial charge in [-0.1, -0.05) is 47.5 Å². The third-order valence-corrected chi connectivity index (χ3v) is 8.24. The van der Waals surface area contributed by atoms with E-state index in [1.54, 1.807) is 55.5 Å². The van der Waals surface area contributed by atoms with Crippen molar-refractivity contribution in [1.29, 1.82) is 0 Å². The molecule has 1 aromatic heterocycles. The van der Waals surface area contributed by atoms with E-state index in [4.69, 9.17) is 32.9 Å². The van der Waals surface area contributed by atoms with Gasteiger partial charge in [0, 0.05) is 12.1 Å². The third-order valence-electron chi connectivity index (χ3n) is 5.60. The molecule has 4 rings (SSSR count). The Bertz CT molecular complexity index is 1550. The average molecular weight is 518 g/mol. The van der Waals surface area contributed by atoms with Crippen molar-refractivity contribution < 1.29 is 13.2 Å². The number of ether oxygens (including phenoxy) is 1. The van der Waals surface area contributed by atoms with E-state index < -0.39 is 16.1 Å². The number of hydrogen-bond acceptors (Lipinski definition) is 5. The number of methoxy groups -OCH3 is 1. The van der Waals surface area contributed by atoms with Gasteiger partial charge in [-0.25, -0.2) is 13.4 Å². The monoisotopic (exact) mass is 517 g/mol. The summed E-state index contributed by atoms with van der Waals surface area (Å²) in [7, 11) is -1.18. The number of benzene rings is 3. The van der Waals surface area contributed by atoms with Gasteiger partial charge in [0.1, 0.15) is 16.5 Å². The van der Waals surface area contributed by atoms with Gasteiger partial charge in [-0.05, 0) is 49.4 Å². The Morgan fingerprint density at radius 1 is 1.03 bits per heavy atom. The molecule has 4 aromatic rings. The molecule has 3 aromatic carbocycles. The van der Waals surface area contributed by atoms with Crippen LogP contribution in [0.5, 0.6) is 5.75 Å². The van der Waals surface area contributed by atoms with Gasteiger partial charge in [0.15, 0.2) is 0 Å². The Morgan fingerprint density at radius 3 is 2.44 bits per heavy atom. The lowest BCUT2D eigenvalue weighted by atomic mass is 10.2. The van der Waals surface area contributed by atoms with E-state index in [1.807, 2.05) is 0 Å². The minimum absolute atomic E-state index is 0.0389. The molecule has 0 radical (unpaired) electrons. The molecule has 0 aliphatic rings. The number of rotatable bonds is 6. The number of aromatic nitrogens is 2. The summed E-state index contributed by atoms with van der Waals surface area (Å²) in [6, 6.07) is 17.3. The van der Waals surface area contributed by atoms with Gasteiger partial charge >= 0.3 is 0 Å². The number of nitrogens with zero attached hydrogens (tertiary/aromatic N) is 3. The van der Waals surface area contributed by atoms with Crippen molar-refractivity contribution >= 4 is 44.1 Å². The third kappa shape index (κ3) is 4.18. The van der Waals surface area contributed by atoms with E-state index in [1.165, 1.54) is 36.9 Å². The van der Waals surface area contributed by atoms with E-state index >= 15 is 0 Å². The molecule has 34 heavy (non-hydrogen) atoms. The van der Waals surface area contributed by atoms with Crippen LogP contribution in [-0.2, 0) is 10.0 Å². The molecule has 0 saturated heterocycles. The van der Waals surface area contributed by atoms with E-state index in [-0.39, 0.29) is 26.3 Å². The summed E-state index contributed by atoms with van der Waals surface area (Å²) >= 11 is 12.2. The van der Waals surface area contributed by atoms with Gasteiger partial charge < -0.3 is 4.74 Å². The van der Waals surface area contributed by atoms with Crippen molar-refractivity contribution in [1.82, 2.24) is 13.9 Å². The van der Waals surface area contributed by atoms with Gasteiger partial charge in [-0.2, -0.15) is 4.31 Å². The molecule has 10 heteroatoms. The molecule has 0 N–H and O–H groups in total. The van der Waals surface area contributed by atoms with Crippen molar-refractivity contribution in [3.63, 3.8) is 0 Å². The maximum atomic E-state index is 13.6. The summed E-state index contributed by atoms with van der Waals surface area (Å²) in [5.74, 6) is 0.663. The molecule has 0 fully saturated rings. The first-order chi connectivity index (χ1) is 16.2. The lowest BCUT2D eigenvalue weighted by Crippen LogP contribution is -2.35. The fourth-order valence-corrected chi connectivity index (χ4v) is 5.74. The minimum atomic E-state index is -4.09. The zero-order valence-corrected chi connectivity index (χ0v) is 20.9. The highest BCUT2D eigenvalue weighted by atomic mass is 35.5. The average Bonchev–Trinajstić information content (AvgIpc) is 2.84. The van der Waals surface area contributed by atoms with Gasteiger partial charge in [-0.15, -0.1) is 0 Å². The van der Waals surface area contributed by atoms with Crippen LogP contribution in [0.3, 0.4) is 0 Å². The van der Waals surface area contributed by atoms with Gasteiger partial charge in [0.2, 0.25) is 10.0 Å². The fraction of sp³-hybridized carbons (Fsp3) is 0.167. The lowest BCUT2D eigenvalue weighted by molar-refractivity contribution is 0.376. The summed E-state index contributed by atoms with van der Waals surface area (Å²) in [4.78, 5) is 18.2. The zero-order chi connectivity index (χ0) is 24.6. The van der Waals surface area contributed by atoms with Crippen molar-refractivity contribution in [2.24, 2.45) is 0 Å². The summed E-state index contributed by atoms with van der Waals surface area (Å²) in [6.07, 6.45) is 0. The Labute approximate surface area is 207 Å². The second-order valence-corrected chi connectivity index (χ2v) is 10.4. The first-order valence-electron chi connectivity index (χ1n) is 10.2. The van der Waals surface area contributed by atoms with Crippen LogP contribution in [0.25, 0.3) is 16.6 Å². The predicted molar refractivity (Wildman–Crippen MR) is 134 cm³/mol.